The van der Waals surface area contributed by atoms with Gasteiger partial charge in [-0.1, -0.05) is 93.5 Å². The summed E-state index contributed by atoms with van der Waals surface area (Å²) in [6.07, 6.45) is 2.17. The van der Waals surface area contributed by atoms with E-state index >= 15 is 0 Å². The van der Waals surface area contributed by atoms with E-state index in [9.17, 15) is 0 Å². The third kappa shape index (κ3) is 6.50. The maximum atomic E-state index is 5.39. The van der Waals surface area contributed by atoms with Crippen molar-refractivity contribution in [3.63, 3.8) is 0 Å². The second-order valence-electron chi connectivity index (χ2n) is 14.3. The first-order valence-corrected chi connectivity index (χ1v) is 14.6. The van der Waals surface area contributed by atoms with Crippen LogP contribution >= 0.6 is 0 Å². The van der Waals surface area contributed by atoms with Gasteiger partial charge in [-0.15, -0.1) is 0 Å². The van der Waals surface area contributed by atoms with Crippen LogP contribution in [0.5, 0.6) is 0 Å². The Morgan fingerprint density at radius 3 is 1.34 bits per heavy atom. The summed E-state index contributed by atoms with van der Waals surface area (Å²) >= 11 is 0. The molecule has 0 aliphatic carbocycles. The van der Waals surface area contributed by atoms with E-state index < -0.39 is 0 Å². The second-order valence-corrected chi connectivity index (χ2v) is 14.3. The van der Waals surface area contributed by atoms with Gasteiger partial charge in [-0.25, -0.2) is 0 Å². The van der Waals surface area contributed by atoms with Crippen molar-refractivity contribution in [1.29, 1.82) is 0 Å². The molecule has 2 aliphatic rings. The fraction of sp³-hybridized carbons (Fsp3) is 0.588. The molecule has 2 aromatic carbocycles. The molecular formula is C34H50N4. The molecule has 2 heterocycles. The zero-order valence-corrected chi connectivity index (χ0v) is 25.5. The van der Waals surface area contributed by atoms with Gasteiger partial charge >= 0.3 is 0 Å². The van der Waals surface area contributed by atoms with Crippen LogP contribution in [0, 0.1) is 11.8 Å². The highest BCUT2D eigenvalue weighted by Gasteiger charge is 2.37. The van der Waals surface area contributed by atoms with Crippen LogP contribution in [0.1, 0.15) is 93.2 Å². The highest BCUT2D eigenvalue weighted by Crippen LogP contribution is 2.34. The molecular weight excluding hydrogens is 464 g/mol. The molecule has 0 radical (unpaired) electrons. The fourth-order valence-electron chi connectivity index (χ4n) is 5.60. The van der Waals surface area contributed by atoms with E-state index in [-0.39, 0.29) is 22.9 Å². The van der Waals surface area contributed by atoms with E-state index in [1.165, 1.54) is 22.5 Å². The standard InChI is InChI=1S/C34H50N4/c1-23(2)17-27-21-37(29-15-11-13-25(19-29)33(5,6)7)31(35-27)32-36-28(18-24(3)4)22-38(32)30-16-12-14-26(20-30)34(8,9)10/h11-16,19-20,23-24,27-28H,17-18,21-22H2,1-10H3/t27-,28-/m0/s1. The van der Waals surface area contributed by atoms with Crippen molar-refractivity contribution in [1.82, 2.24) is 0 Å². The van der Waals surface area contributed by atoms with E-state index in [1.54, 1.807) is 0 Å². The summed E-state index contributed by atoms with van der Waals surface area (Å²) in [5, 5.41) is 0. The number of benzene rings is 2. The molecule has 2 atom stereocenters. The van der Waals surface area contributed by atoms with E-state index in [2.05, 4.69) is 128 Å². The first kappa shape index (κ1) is 28.4. The average molecular weight is 515 g/mol. The molecule has 4 rings (SSSR count). The van der Waals surface area contributed by atoms with Crippen molar-refractivity contribution in [2.75, 3.05) is 22.9 Å². The Hall–Kier alpha value is -2.62. The van der Waals surface area contributed by atoms with Gasteiger partial charge in [-0.3, -0.25) is 9.98 Å². The van der Waals surface area contributed by atoms with Crippen molar-refractivity contribution < 1.29 is 0 Å². The summed E-state index contributed by atoms with van der Waals surface area (Å²) in [6.45, 7) is 24.7. The lowest BCUT2D eigenvalue weighted by molar-refractivity contribution is 0.514. The van der Waals surface area contributed by atoms with Crippen LogP contribution < -0.4 is 9.80 Å². The summed E-state index contributed by atoms with van der Waals surface area (Å²) in [5.74, 6) is 3.28. The minimum Gasteiger partial charge on any atom is -0.321 e. The molecule has 0 spiro atoms. The molecule has 4 nitrogen and oxygen atoms in total. The molecule has 0 saturated carbocycles. The summed E-state index contributed by atoms with van der Waals surface area (Å²) in [4.78, 5) is 15.7. The molecule has 2 aliphatic heterocycles. The molecule has 0 aromatic heterocycles. The summed E-state index contributed by atoms with van der Waals surface area (Å²) in [5.41, 5.74) is 5.33. The third-order valence-electron chi connectivity index (χ3n) is 7.64. The van der Waals surface area contributed by atoms with Crippen molar-refractivity contribution in [2.24, 2.45) is 21.8 Å². The normalized spacial score (nSPS) is 20.5. The van der Waals surface area contributed by atoms with Crippen LogP contribution in [0.15, 0.2) is 58.5 Å². The van der Waals surface area contributed by atoms with Crippen molar-refractivity contribution in [3.05, 3.63) is 59.7 Å². The smallest absolute Gasteiger partial charge is 0.172 e. The Morgan fingerprint density at radius 2 is 1.03 bits per heavy atom. The molecule has 0 bridgehead atoms. The van der Waals surface area contributed by atoms with Gasteiger partial charge < -0.3 is 9.80 Å². The summed E-state index contributed by atoms with van der Waals surface area (Å²) in [7, 11) is 0. The predicted molar refractivity (Wildman–Crippen MR) is 166 cm³/mol. The van der Waals surface area contributed by atoms with E-state index in [0.717, 1.165) is 37.6 Å². The van der Waals surface area contributed by atoms with Crippen molar-refractivity contribution >= 4 is 23.0 Å². The number of anilines is 2. The van der Waals surface area contributed by atoms with E-state index in [0.29, 0.717) is 11.8 Å². The lowest BCUT2D eigenvalue weighted by Gasteiger charge is -2.29. The first-order chi connectivity index (χ1) is 17.7. The maximum Gasteiger partial charge on any atom is 0.172 e. The highest BCUT2D eigenvalue weighted by molar-refractivity contribution is 6.50. The van der Waals surface area contributed by atoms with Gasteiger partial charge in [0.15, 0.2) is 11.7 Å². The zero-order chi connectivity index (χ0) is 27.8. The quantitative estimate of drug-likeness (QED) is 0.372. The molecule has 206 valence electrons. The average Bonchev–Trinajstić information content (AvgIpc) is 3.41. The van der Waals surface area contributed by atoms with Gasteiger partial charge in [-0.05, 0) is 70.9 Å². The van der Waals surface area contributed by atoms with Gasteiger partial charge in [0.2, 0.25) is 0 Å². The van der Waals surface area contributed by atoms with Crippen molar-refractivity contribution in [3.8, 4) is 0 Å². The lowest BCUT2D eigenvalue weighted by atomic mass is 9.87. The van der Waals surface area contributed by atoms with Gasteiger partial charge in [0.1, 0.15) is 0 Å². The lowest BCUT2D eigenvalue weighted by Crippen LogP contribution is -2.42. The Bertz CT molecular complexity index is 1080. The van der Waals surface area contributed by atoms with Gasteiger partial charge in [0.25, 0.3) is 0 Å². The maximum absolute atomic E-state index is 5.39. The molecule has 2 aromatic rings. The number of hydrogen-bond donors (Lipinski definition) is 0. The van der Waals surface area contributed by atoms with E-state index in [1.807, 2.05) is 0 Å². The number of amidine groups is 2. The molecule has 0 amide bonds. The SMILES string of the molecule is CC(C)C[C@H]1CN(c2cccc(C(C)(C)C)c2)C(C2=N[C@@H](CC(C)C)CN2c2cccc(C(C)(C)C)c2)=N1. The summed E-state index contributed by atoms with van der Waals surface area (Å²) in [6, 6.07) is 18.7. The zero-order valence-electron chi connectivity index (χ0n) is 25.5. The monoisotopic (exact) mass is 514 g/mol. The Kier molecular flexibility index (Phi) is 8.12. The largest absolute Gasteiger partial charge is 0.321 e. The third-order valence-corrected chi connectivity index (χ3v) is 7.64. The number of rotatable bonds is 7. The van der Waals surface area contributed by atoms with Crippen LogP contribution in [-0.4, -0.2) is 36.8 Å². The second kappa shape index (κ2) is 10.9. The van der Waals surface area contributed by atoms with Gasteiger partial charge in [-0.2, -0.15) is 0 Å². The number of nitrogens with zero attached hydrogens (tertiary/aromatic N) is 4. The van der Waals surface area contributed by atoms with Gasteiger partial charge in [0.05, 0.1) is 12.1 Å². The van der Waals surface area contributed by atoms with Crippen LogP contribution in [0.2, 0.25) is 0 Å². The molecule has 38 heavy (non-hydrogen) atoms. The molecule has 0 N–H and O–H groups in total. The summed E-state index contributed by atoms with van der Waals surface area (Å²) < 4.78 is 0. The molecule has 0 fully saturated rings. The molecule has 4 heteroatoms. The molecule has 0 unspecified atom stereocenters. The van der Waals surface area contributed by atoms with Crippen LogP contribution in [0.25, 0.3) is 0 Å². The highest BCUT2D eigenvalue weighted by atomic mass is 15.4. The minimum absolute atomic E-state index is 0.0943. The topological polar surface area (TPSA) is 31.2 Å². The van der Waals surface area contributed by atoms with Crippen LogP contribution in [0.4, 0.5) is 11.4 Å². The molecule has 0 saturated heterocycles. The Morgan fingerprint density at radius 1 is 0.658 bits per heavy atom. The first-order valence-electron chi connectivity index (χ1n) is 14.6. The Balaban J connectivity index is 1.79. The van der Waals surface area contributed by atoms with E-state index in [4.69, 9.17) is 9.98 Å². The Labute approximate surface area is 232 Å². The van der Waals surface area contributed by atoms with Crippen LogP contribution in [-0.2, 0) is 10.8 Å². The number of aliphatic imine (C=N–C) groups is 2. The minimum atomic E-state index is 0.0943. The number of hydrogen-bond acceptors (Lipinski definition) is 4. The van der Waals surface area contributed by atoms with Crippen molar-refractivity contribution in [2.45, 2.75) is 105 Å². The van der Waals surface area contributed by atoms with Gasteiger partial charge in [0, 0.05) is 24.5 Å². The van der Waals surface area contributed by atoms with Crippen LogP contribution in [0.3, 0.4) is 0 Å². The predicted octanol–water partition coefficient (Wildman–Crippen LogP) is 8.25. The fourth-order valence-corrected chi connectivity index (χ4v) is 5.60.